The van der Waals surface area contributed by atoms with Crippen LogP contribution in [0.3, 0.4) is 0 Å². The number of ketones is 1. The summed E-state index contributed by atoms with van der Waals surface area (Å²) in [4.78, 5) is 43.3. The maximum absolute atomic E-state index is 12.5. The first-order valence-electron chi connectivity index (χ1n) is 8.15. The molecule has 3 rings (SSSR count). The van der Waals surface area contributed by atoms with Crippen molar-refractivity contribution >= 4 is 34.1 Å². The van der Waals surface area contributed by atoms with Crippen LogP contribution in [0.25, 0.3) is 0 Å². The molecule has 8 heteroatoms. The first kappa shape index (κ1) is 17.3. The molecule has 0 saturated carbocycles. The van der Waals surface area contributed by atoms with E-state index in [0.717, 1.165) is 18.5 Å². The number of anilines is 1. The molecule has 0 spiro atoms. The van der Waals surface area contributed by atoms with Gasteiger partial charge in [0.2, 0.25) is 0 Å². The van der Waals surface area contributed by atoms with E-state index in [1.54, 1.807) is 19.2 Å². The summed E-state index contributed by atoms with van der Waals surface area (Å²) < 4.78 is 4.88. The third-order valence-electron chi connectivity index (χ3n) is 4.07. The van der Waals surface area contributed by atoms with Crippen LogP contribution in [-0.4, -0.2) is 34.2 Å². The molecule has 0 unspecified atom stereocenters. The van der Waals surface area contributed by atoms with Crippen molar-refractivity contribution in [3.63, 3.8) is 0 Å². The number of nitrogens with zero attached hydrogens (tertiary/aromatic N) is 1. The minimum Gasteiger partial charge on any atom is -0.466 e. The van der Waals surface area contributed by atoms with Gasteiger partial charge in [0.15, 0.2) is 10.9 Å². The molecule has 0 aromatic carbocycles. The van der Waals surface area contributed by atoms with Crippen LogP contribution >= 0.6 is 11.3 Å². The Kier molecular flexibility index (Phi) is 4.98. The van der Waals surface area contributed by atoms with Gasteiger partial charge in [0.25, 0.3) is 5.91 Å². The van der Waals surface area contributed by atoms with Gasteiger partial charge in [0.1, 0.15) is 5.69 Å². The van der Waals surface area contributed by atoms with Crippen LogP contribution in [0.4, 0.5) is 5.13 Å². The molecule has 0 atom stereocenters. The Morgan fingerprint density at radius 1 is 1.40 bits per heavy atom. The molecule has 25 heavy (non-hydrogen) atoms. The number of amides is 1. The number of carbonyl (C=O) groups is 3. The Morgan fingerprint density at radius 2 is 2.20 bits per heavy atom. The van der Waals surface area contributed by atoms with Crippen molar-refractivity contribution < 1.29 is 19.1 Å². The molecular weight excluding hydrogens is 342 g/mol. The zero-order chi connectivity index (χ0) is 18.0. The number of thiazole rings is 1. The first-order valence-corrected chi connectivity index (χ1v) is 9.03. The molecule has 1 aliphatic rings. The average Bonchev–Trinajstić information content (AvgIpc) is 3.13. The molecular formula is C17H19N3O4S. The largest absolute Gasteiger partial charge is 0.466 e. The van der Waals surface area contributed by atoms with Crippen molar-refractivity contribution in [1.82, 2.24) is 9.97 Å². The molecule has 0 fully saturated rings. The number of rotatable bonds is 5. The fourth-order valence-electron chi connectivity index (χ4n) is 2.97. The van der Waals surface area contributed by atoms with Gasteiger partial charge in [-0.3, -0.25) is 19.7 Å². The Balaban J connectivity index is 1.72. The maximum Gasteiger partial charge on any atom is 0.311 e. The van der Waals surface area contributed by atoms with Crippen LogP contribution in [0.15, 0.2) is 5.38 Å². The molecule has 2 heterocycles. The van der Waals surface area contributed by atoms with E-state index in [9.17, 15) is 14.4 Å². The molecule has 132 valence electrons. The summed E-state index contributed by atoms with van der Waals surface area (Å²) in [7, 11) is 0. The number of Topliss-reactive ketones (excluding diaryl/α,β-unsaturated/α-hetero) is 1. The lowest BCUT2D eigenvalue weighted by molar-refractivity contribution is -0.142. The van der Waals surface area contributed by atoms with E-state index in [1.165, 1.54) is 11.3 Å². The van der Waals surface area contributed by atoms with Crippen molar-refractivity contribution in [3.8, 4) is 0 Å². The predicted molar refractivity (Wildman–Crippen MR) is 93.2 cm³/mol. The van der Waals surface area contributed by atoms with Gasteiger partial charge in [-0.15, -0.1) is 11.3 Å². The number of esters is 1. The molecule has 2 aromatic heterocycles. The molecule has 1 aliphatic carbocycles. The maximum atomic E-state index is 12.5. The summed E-state index contributed by atoms with van der Waals surface area (Å²) in [5.41, 5.74) is 3.11. The lowest BCUT2D eigenvalue weighted by Crippen LogP contribution is -2.14. The predicted octanol–water partition coefficient (Wildman–Crippen LogP) is 2.66. The van der Waals surface area contributed by atoms with Gasteiger partial charge in [-0.05, 0) is 32.3 Å². The number of carbonyl (C=O) groups excluding carboxylic acids is 3. The standard InChI is InChI=1S/C17H19N3O4S/c1-3-24-13(22)7-10-8-25-17(18-10)20-16(23)15-9(2)14-11(19-15)5-4-6-12(14)21/h8,19H,3-7H2,1-2H3,(H,18,20,23). The number of aryl methyl sites for hydroxylation is 1. The number of hydrogen-bond acceptors (Lipinski definition) is 6. The van der Waals surface area contributed by atoms with Crippen molar-refractivity contribution in [2.45, 2.75) is 39.5 Å². The second-order valence-electron chi connectivity index (χ2n) is 5.84. The van der Waals surface area contributed by atoms with E-state index in [-0.39, 0.29) is 24.1 Å². The zero-order valence-corrected chi connectivity index (χ0v) is 14.9. The highest BCUT2D eigenvalue weighted by Gasteiger charge is 2.26. The van der Waals surface area contributed by atoms with Crippen molar-refractivity contribution in [2.75, 3.05) is 11.9 Å². The first-order chi connectivity index (χ1) is 12.0. The van der Waals surface area contributed by atoms with Crippen molar-refractivity contribution in [3.05, 3.63) is 33.6 Å². The molecule has 2 aromatic rings. The van der Waals surface area contributed by atoms with Crippen molar-refractivity contribution in [1.29, 1.82) is 0 Å². The number of aromatic nitrogens is 2. The highest BCUT2D eigenvalue weighted by molar-refractivity contribution is 7.14. The number of fused-ring (bicyclic) bond motifs is 1. The lowest BCUT2D eigenvalue weighted by atomic mass is 9.94. The van der Waals surface area contributed by atoms with Crippen LogP contribution in [-0.2, 0) is 22.4 Å². The van der Waals surface area contributed by atoms with Gasteiger partial charge < -0.3 is 9.72 Å². The second kappa shape index (κ2) is 7.18. The molecule has 0 aliphatic heterocycles. The molecule has 0 radical (unpaired) electrons. The van der Waals surface area contributed by atoms with E-state index in [4.69, 9.17) is 4.74 Å². The van der Waals surface area contributed by atoms with Gasteiger partial charge in [-0.1, -0.05) is 0 Å². The average molecular weight is 361 g/mol. The highest BCUT2D eigenvalue weighted by atomic mass is 32.1. The second-order valence-corrected chi connectivity index (χ2v) is 6.69. The van der Waals surface area contributed by atoms with E-state index in [0.29, 0.717) is 40.7 Å². The number of H-pyrrole nitrogens is 1. The lowest BCUT2D eigenvalue weighted by Gasteiger charge is -2.09. The summed E-state index contributed by atoms with van der Waals surface area (Å²) in [6.45, 7) is 3.84. The van der Waals surface area contributed by atoms with Crippen molar-refractivity contribution in [2.24, 2.45) is 0 Å². The minimum absolute atomic E-state index is 0.0739. The molecule has 7 nitrogen and oxygen atoms in total. The van der Waals surface area contributed by atoms with Crippen LogP contribution in [0.5, 0.6) is 0 Å². The molecule has 0 bridgehead atoms. The smallest absolute Gasteiger partial charge is 0.311 e. The third-order valence-corrected chi connectivity index (χ3v) is 4.87. The van der Waals surface area contributed by atoms with Gasteiger partial charge in [-0.25, -0.2) is 4.98 Å². The number of hydrogen-bond donors (Lipinski definition) is 2. The Labute approximate surface area is 148 Å². The van der Waals surface area contributed by atoms with Gasteiger partial charge in [0.05, 0.1) is 18.7 Å². The van der Waals surface area contributed by atoms with E-state index in [1.807, 2.05) is 0 Å². The summed E-state index contributed by atoms with van der Waals surface area (Å²) in [6, 6.07) is 0. The number of nitrogens with one attached hydrogen (secondary N) is 2. The topological polar surface area (TPSA) is 101 Å². The third kappa shape index (κ3) is 3.63. The van der Waals surface area contributed by atoms with E-state index >= 15 is 0 Å². The molecule has 2 N–H and O–H groups in total. The summed E-state index contributed by atoms with van der Waals surface area (Å²) in [6.07, 6.45) is 2.17. The Hall–Kier alpha value is -2.48. The van der Waals surface area contributed by atoms with Gasteiger partial charge >= 0.3 is 5.97 Å². The summed E-state index contributed by atoms with van der Waals surface area (Å²) in [5.74, 6) is -0.603. The van der Waals surface area contributed by atoms with Crippen LogP contribution < -0.4 is 5.32 Å². The van der Waals surface area contributed by atoms with Crippen LogP contribution in [0, 0.1) is 6.92 Å². The fourth-order valence-corrected chi connectivity index (χ4v) is 3.67. The number of ether oxygens (including phenoxy) is 1. The highest BCUT2D eigenvalue weighted by Crippen LogP contribution is 2.27. The van der Waals surface area contributed by atoms with Gasteiger partial charge in [0, 0.05) is 23.1 Å². The SMILES string of the molecule is CCOC(=O)Cc1csc(NC(=O)c2[nH]c3c(c2C)C(=O)CCC3)n1. The normalized spacial score (nSPS) is 13.4. The summed E-state index contributed by atoms with van der Waals surface area (Å²) >= 11 is 1.24. The van der Waals surface area contributed by atoms with Gasteiger partial charge in [-0.2, -0.15) is 0 Å². The quantitative estimate of drug-likeness (QED) is 0.797. The Bertz CT molecular complexity index is 837. The van der Waals surface area contributed by atoms with E-state index in [2.05, 4.69) is 15.3 Å². The van der Waals surface area contributed by atoms with E-state index < -0.39 is 0 Å². The molecule has 1 amide bonds. The monoisotopic (exact) mass is 361 g/mol. The summed E-state index contributed by atoms with van der Waals surface area (Å²) in [5, 5.41) is 4.84. The zero-order valence-electron chi connectivity index (χ0n) is 14.1. The molecule has 0 saturated heterocycles. The fraction of sp³-hybridized carbons (Fsp3) is 0.412. The van der Waals surface area contributed by atoms with Crippen LogP contribution in [0.1, 0.15) is 57.6 Å². The van der Waals surface area contributed by atoms with Crippen LogP contribution in [0.2, 0.25) is 0 Å². The minimum atomic E-state index is -0.350. The number of aromatic amines is 1. The Morgan fingerprint density at radius 3 is 2.92 bits per heavy atom.